The van der Waals surface area contributed by atoms with Crippen LogP contribution < -0.4 is 10.1 Å². The van der Waals surface area contributed by atoms with Crippen molar-refractivity contribution in [3.63, 3.8) is 0 Å². The quantitative estimate of drug-likeness (QED) is 0.609. The van der Waals surface area contributed by atoms with Crippen molar-refractivity contribution in [1.29, 1.82) is 0 Å². The number of rotatable bonds is 9. The molecule has 0 saturated heterocycles. The van der Waals surface area contributed by atoms with E-state index >= 15 is 0 Å². The Morgan fingerprint density at radius 3 is 2.26 bits per heavy atom. The fraction of sp³-hybridized carbons (Fsp3) is 0.440. The van der Waals surface area contributed by atoms with E-state index in [1.165, 1.54) is 0 Å². The first-order chi connectivity index (χ1) is 15.0. The number of ether oxygens (including phenoxy) is 1. The van der Waals surface area contributed by atoms with Crippen LogP contribution in [0.4, 0.5) is 0 Å². The van der Waals surface area contributed by atoms with Gasteiger partial charge in [-0.05, 0) is 54.7 Å². The van der Waals surface area contributed by atoms with Gasteiger partial charge in [-0.25, -0.2) is 0 Å². The molecule has 1 saturated carbocycles. The van der Waals surface area contributed by atoms with E-state index in [0.717, 1.165) is 42.6 Å². The number of benzene rings is 2. The Balaban J connectivity index is 1.79. The zero-order valence-corrected chi connectivity index (χ0v) is 19.0. The van der Waals surface area contributed by atoms with Crippen LogP contribution in [-0.2, 0) is 22.6 Å². The van der Waals surface area contributed by atoms with Gasteiger partial charge in [-0.15, -0.1) is 0 Å². The normalized spacial score (nSPS) is 14.8. The summed E-state index contributed by atoms with van der Waals surface area (Å²) < 4.78 is 5.20. The van der Waals surface area contributed by atoms with E-state index in [0.29, 0.717) is 18.0 Å². The molecule has 0 heterocycles. The summed E-state index contributed by atoms with van der Waals surface area (Å²) in [6.07, 6.45) is 5.10. The lowest BCUT2D eigenvalue weighted by Crippen LogP contribution is -2.51. The minimum Gasteiger partial charge on any atom is -0.497 e. The van der Waals surface area contributed by atoms with Gasteiger partial charge in [-0.2, -0.15) is 0 Å². The molecule has 3 rings (SSSR count). The Morgan fingerprint density at radius 1 is 1.06 bits per heavy atom. The van der Waals surface area contributed by atoms with Crippen molar-refractivity contribution in [1.82, 2.24) is 10.2 Å². The van der Waals surface area contributed by atoms with Crippen LogP contribution in [-0.4, -0.2) is 35.9 Å². The fourth-order valence-electron chi connectivity index (χ4n) is 4.09. The van der Waals surface area contributed by atoms with Crippen LogP contribution in [0.1, 0.15) is 50.2 Å². The number of hydrogen-bond acceptors (Lipinski definition) is 3. The highest BCUT2D eigenvalue weighted by Gasteiger charge is 2.30. The molecule has 31 heavy (non-hydrogen) atoms. The van der Waals surface area contributed by atoms with Crippen molar-refractivity contribution in [2.75, 3.05) is 7.11 Å². The van der Waals surface area contributed by atoms with Crippen LogP contribution in [0.2, 0.25) is 5.02 Å². The first-order valence-corrected chi connectivity index (χ1v) is 11.3. The number of halogens is 1. The van der Waals surface area contributed by atoms with Crippen LogP contribution in [0.3, 0.4) is 0 Å². The van der Waals surface area contributed by atoms with Gasteiger partial charge in [0.2, 0.25) is 11.8 Å². The van der Waals surface area contributed by atoms with Crippen LogP contribution in [0.25, 0.3) is 0 Å². The number of nitrogens with zero attached hydrogens (tertiary/aromatic N) is 1. The van der Waals surface area contributed by atoms with Crippen LogP contribution in [0.5, 0.6) is 5.75 Å². The van der Waals surface area contributed by atoms with Crippen molar-refractivity contribution in [3.8, 4) is 5.75 Å². The summed E-state index contributed by atoms with van der Waals surface area (Å²) in [5, 5.41) is 3.81. The van der Waals surface area contributed by atoms with Crippen LogP contribution >= 0.6 is 11.6 Å². The molecule has 6 heteroatoms. The third-order valence-electron chi connectivity index (χ3n) is 5.87. The van der Waals surface area contributed by atoms with E-state index in [2.05, 4.69) is 5.32 Å². The molecule has 0 unspecified atom stereocenters. The molecule has 5 nitrogen and oxygen atoms in total. The maximum Gasteiger partial charge on any atom is 0.243 e. The van der Waals surface area contributed by atoms with E-state index < -0.39 is 6.04 Å². The zero-order chi connectivity index (χ0) is 22.2. The van der Waals surface area contributed by atoms with Crippen molar-refractivity contribution in [2.24, 2.45) is 0 Å². The minimum absolute atomic E-state index is 0.0635. The minimum atomic E-state index is -0.512. The Hall–Kier alpha value is -2.53. The fourth-order valence-corrected chi connectivity index (χ4v) is 4.22. The molecular weight excluding hydrogens is 412 g/mol. The molecular formula is C25H31ClN2O3. The second kappa shape index (κ2) is 11.2. The molecule has 1 aliphatic rings. The number of carbonyl (C=O) groups excluding carboxylic acids is 2. The van der Waals surface area contributed by atoms with Crippen molar-refractivity contribution >= 4 is 23.4 Å². The molecule has 1 aliphatic carbocycles. The lowest BCUT2D eigenvalue weighted by atomic mass is 10.1. The van der Waals surface area contributed by atoms with Gasteiger partial charge in [0.05, 0.1) is 13.5 Å². The van der Waals surface area contributed by atoms with Gasteiger partial charge in [-0.3, -0.25) is 9.59 Å². The summed E-state index contributed by atoms with van der Waals surface area (Å²) in [5.74, 6) is 0.608. The zero-order valence-electron chi connectivity index (χ0n) is 18.3. The third kappa shape index (κ3) is 6.47. The standard InChI is InChI=1S/C25H31ClN2O3/c1-3-23(25(30)27-21-6-4-5-7-21)28(17-19-8-12-20(26)13-9-19)24(29)16-18-10-14-22(31-2)15-11-18/h8-15,21,23H,3-7,16-17H2,1-2H3,(H,27,30)/t23-/m0/s1. The summed E-state index contributed by atoms with van der Waals surface area (Å²) in [6, 6.07) is 14.6. The predicted octanol–water partition coefficient (Wildman–Crippen LogP) is 4.76. The van der Waals surface area contributed by atoms with Gasteiger partial charge >= 0.3 is 0 Å². The molecule has 0 aromatic heterocycles. The molecule has 1 atom stereocenters. The third-order valence-corrected chi connectivity index (χ3v) is 6.12. The molecule has 2 aromatic rings. The number of carbonyl (C=O) groups is 2. The van der Waals surface area contributed by atoms with E-state index in [-0.39, 0.29) is 24.3 Å². The molecule has 1 N–H and O–H groups in total. The Morgan fingerprint density at radius 2 is 1.68 bits per heavy atom. The van der Waals surface area contributed by atoms with Crippen molar-refractivity contribution in [3.05, 3.63) is 64.7 Å². The van der Waals surface area contributed by atoms with Gasteiger partial charge in [0, 0.05) is 17.6 Å². The average molecular weight is 443 g/mol. The number of hydrogen-bond donors (Lipinski definition) is 1. The van der Waals surface area contributed by atoms with Crippen LogP contribution in [0, 0.1) is 0 Å². The van der Waals surface area contributed by atoms with E-state index in [1.54, 1.807) is 12.0 Å². The maximum absolute atomic E-state index is 13.4. The van der Waals surface area contributed by atoms with Crippen molar-refractivity contribution in [2.45, 2.75) is 64.1 Å². The second-order valence-electron chi connectivity index (χ2n) is 8.09. The van der Waals surface area contributed by atoms with Gasteiger partial charge in [0.25, 0.3) is 0 Å². The molecule has 166 valence electrons. The summed E-state index contributed by atoms with van der Waals surface area (Å²) in [6.45, 7) is 2.32. The van der Waals surface area contributed by atoms with Gasteiger partial charge in [0.1, 0.15) is 11.8 Å². The number of nitrogens with one attached hydrogen (secondary N) is 1. The smallest absolute Gasteiger partial charge is 0.243 e. The molecule has 0 radical (unpaired) electrons. The first-order valence-electron chi connectivity index (χ1n) is 11.0. The maximum atomic E-state index is 13.4. The largest absolute Gasteiger partial charge is 0.497 e. The Bertz CT molecular complexity index is 861. The lowest BCUT2D eigenvalue weighted by Gasteiger charge is -2.31. The van der Waals surface area contributed by atoms with Crippen LogP contribution in [0.15, 0.2) is 48.5 Å². The Kier molecular flexibility index (Phi) is 8.35. The summed E-state index contributed by atoms with van der Waals surface area (Å²) in [7, 11) is 1.61. The van der Waals surface area contributed by atoms with Gasteiger partial charge in [-0.1, -0.05) is 55.6 Å². The van der Waals surface area contributed by atoms with E-state index in [9.17, 15) is 9.59 Å². The van der Waals surface area contributed by atoms with Gasteiger partial charge < -0.3 is 15.0 Å². The molecule has 2 amide bonds. The highest BCUT2D eigenvalue weighted by atomic mass is 35.5. The molecule has 2 aromatic carbocycles. The predicted molar refractivity (Wildman–Crippen MR) is 123 cm³/mol. The molecule has 1 fully saturated rings. The van der Waals surface area contributed by atoms with Crippen molar-refractivity contribution < 1.29 is 14.3 Å². The van der Waals surface area contributed by atoms with Gasteiger partial charge in [0.15, 0.2) is 0 Å². The summed E-state index contributed by atoms with van der Waals surface area (Å²) in [4.78, 5) is 28.2. The molecule has 0 bridgehead atoms. The first kappa shape index (κ1) is 23.1. The topological polar surface area (TPSA) is 58.6 Å². The van der Waals surface area contributed by atoms with E-state index in [1.807, 2.05) is 55.5 Å². The Labute approximate surface area is 189 Å². The SMILES string of the molecule is CC[C@@H](C(=O)NC1CCCC1)N(Cc1ccc(Cl)cc1)C(=O)Cc1ccc(OC)cc1. The molecule has 0 spiro atoms. The second-order valence-corrected chi connectivity index (χ2v) is 8.52. The number of amides is 2. The highest BCUT2D eigenvalue weighted by molar-refractivity contribution is 6.30. The monoisotopic (exact) mass is 442 g/mol. The average Bonchev–Trinajstić information content (AvgIpc) is 3.28. The lowest BCUT2D eigenvalue weighted by molar-refractivity contribution is -0.141. The van der Waals surface area contributed by atoms with E-state index in [4.69, 9.17) is 16.3 Å². The highest BCUT2D eigenvalue weighted by Crippen LogP contribution is 2.21. The number of methoxy groups -OCH3 is 1. The molecule has 0 aliphatic heterocycles. The summed E-state index contributed by atoms with van der Waals surface area (Å²) >= 11 is 6.02. The summed E-state index contributed by atoms with van der Waals surface area (Å²) in [5.41, 5.74) is 1.83.